The Labute approximate surface area is 56.4 Å². The summed E-state index contributed by atoms with van der Waals surface area (Å²) in [5, 5.41) is 3.22. The van der Waals surface area contributed by atoms with Gasteiger partial charge in [0, 0.05) is 11.8 Å². The van der Waals surface area contributed by atoms with E-state index in [-0.39, 0.29) is 0 Å². The van der Waals surface area contributed by atoms with Gasteiger partial charge in [-0.3, -0.25) is 4.99 Å². The number of aliphatic imine (C=N–C) groups is 1. The summed E-state index contributed by atoms with van der Waals surface area (Å²) in [6, 6.07) is 0.633. The zero-order chi connectivity index (χ0) is 6.69. The molecule has 2 nitrogen and oxygen atoms in total. The molecule has 2 heteroatoms. The molecule has 0 aromatic heterocycles. The van der Waals surface area contributed by atoms with Crippen molar-refractivity contribution in [1.29, 1.82) is 0 Å². The monoisotopic (exact) mass is 126 g/mol. The van der Waals surface area contributed by atoms with Gasteiger partial charge in [0.05, 0.1) is 6.54 Å². The van der Waals surface area contributed by atoms with Gasteiger partial charge in [-0.1, -0.05) is 0 Å². The molecule has 0 radical (unpaired) electrons. The Balaban J connectivity index is 2.36. The molecule has 1 rings (SSSR count). The highest BCUT2D eigenvalue weighted by molar-refractivity contribution is 5.82. The average molecular weight is 126 g/mol. The van der Waals surface area contributed by atoms with Crippen molar-refractivity contribution >= 4 is 5.71 Å². The van der Waals surface area contributed by atoms with Crippen molar-refractivity contribution in [2.45, 2.75) is 25.8 Å². The van der Waals surface area contributed by atoms with E-state index in [1.807, 2.05) is 7.05 Å². The molecule has 0 aromatic rings. The summed E-state index contributed by atoms with van der Waals surface area (Å²) in [4.78, 5) is 4.34. The van der Waals surface area contributed by atoms with E-state index in [4.69, 9.17) is 0 Å². The summed E-state index contributed by atoms with van der Waals surface area (Å²) in [6.45, 7) is 3.08. The fraction of sp³-hybridized carbons (Fsp3) is 0.857. The zero-order valence-electron chi connectivity index (χ0n) is 6.15. The molecule has 0 amide bonds. The molecule has 1 heterocycles. The molecule has 52 valence electrons. The standard InChI is InChI=1S/C7H14N2/c1-6-3-4-7(8-2)5-9-6/h7-8H,3-5H2,1-2H3. The molecule has 0 saturated carbocycles. The van der Waals surface area contributed by atoms with Crippen LogP contribution in [-0.2, 0) is 0 Å². The van der Waals surface area contributed by atoms with Crippen molar-refractivity contribution < 1.29 is 0 Å². The molecule has 1 N–H and O–H groups in total. The van der Waals surface area contributed by atoms with Crippen molar-refractivity contribution in [2.24, 2.45) is 4.99 Å². The summed E-state index contributed by atoms with van der Waals surface area (Å²) in [5.74, 6) is 0. The van der Waals surface area contributed by atoms with Crippen LogP contribution < -0.4 is 5.32 Å². The second-order valence-corrected chi connectivity index (χ2v) is 2.60. The van der Waals surface area contributed by atoms with Crippen LogP contribution in [-0.4, -0.2) is 25.3 Å². The van der Waals surface area contributed by atoms with Gasteiger partial charge in [0.2, 0.25) is 0 Å². The third-order valence-corrected chi connectivity index (χ3v) is 1.84. The molecule has 0 aromatic carbocycles. The minimum absolute atomic E-state index is 0.633. The minimum Gasteiger partial charge on any atom is -0.315 e. The van der Waals surface area contributed by atoms with Crippen LogP contribution >= 0.6 is 0 Å². The van der Waals surface area contributed by atoms with E-state index < -0.39 is 0 Å². The summed E-state index contributed by atoms with van der Waals surface area (Å²) in [5.41, 5.74) is 1.31. The Kier molecular flexibility index (Phi) is 2.22. The van der Waals surface area contributed by atoms with E-state index in [1.165, 1.54) is 18.6 Å². The number of hydrogen-bond acceptors (Lipinski definition) is 2. The van der Waals surface area contributed by atoms with E-state index in [2.05, 4.69) is 17.2 Å². The quantitative estimate of drug-likeness (QED) is 0.553. The van der Waals surface area contributed by atoms with Gasteiger partial charge in [-0.15, -0.1) is 0 Å². The van der Waals surface area contributed by atoms with Gasteiger partial charge in [0.25, 0.3) is 0 Å². The minimum atomic E-state index is 0.633. The van der Waals surface area contributed by atoms with Gasteiger partial charge in [-0.25, -0.2) is 0 Å². The first-order valence-electron chi connectivity index (χ1n) is 3.50. The van der Waals surface area contributed by atoms with Crippen LogP contribution in [0.15, 0.2) is 4.99 Å². The molecular formula is C7H14N2. The lowest BCUT2D eigenvalue weighted by Crippen LogP contribution is -2.31. The molecule has 0 spiro atoms. The van der Waals surface area contributed by atoms with Crippen LogP contribution in [0, 0.1) is 0 Å². The summed E-state index contributed by atoms with van der Waals surface area (Å²) >= 11 is 0. The van der Waals surface area contributed by atoms with E-state index in [9.17, 15) is 0 Å². The van der Waals surface area contributed by atoms with Crippen LogP contribution in [0.5, 0.6) is 0 Å². The Morgan fingerprint density at radius 3 is 2.89 bits per heavy atom. The summed E-state index contributed by atoms with van der Waals surface area (Å²) in [7, 11) is 2.00. The van der Waals surface area contributed by atoms with Gasteiger partial charge in [0.15, 0.2) is 0 Å². The van der Waals surface area contributed by atoms with Gasteiger partial charge in [-0.05, 0) is 26.8 Å². The molecule has 0 fully saturated rings. The third kappa shape index (κ3) is 1.79. The fourth-order valence-corrected chi connectivity index (χ4v) is 1.06. The molecule has 0 bridgehead atoms. The van der Waals surface area contributed by atoms with Crippen molar-refractivity contribution in [2.75, 3.05) is 13.6 Å². The van der Waals surface area contributed by atoms with Gasteiger partial charge in [-0.2, -0.15) is 0 Å². The fourth-order valence-electron chi connectivity index (χ4n) is 1.06. The van der Waals surface area contributed by atoms with Gasteiger partial charge < -0.3 is 5.32 Å². The normalized spacial score (nSPS) is 27.8. The predicted molar refractivity (Wildman–Crippen MR) is 40.1 cm³/mol. The third-order valence-electron chi connectivity index (χ3n) is 1.84. The van der Waals surface area contributed by atoms with Crippen LogP contribution in [0.4, 0.5) is 0 Å². The average Bonchev–Trinajstić information content (AvgIpc) is 1.90. The van der Waals surface area contributed by atoms with Crippen LogP contribution in [0.2, 0.25) is 0 Å². The first-order valence-corrected chi connectivity index (χ1v) is 3.50. The van der Waals surface area contributed by atoms with E-state index >= 15 is 0 Å². The molecule has 0 saturated heterocycles. The van der Waals surface area contributed by atoms with Crippen molar-refractivity contribution in [3.8, 4) is 0 Å². The molecule has 1 aliphatic rings. The Morgan fingerprint density at radius 2 is 2.44 bits per heavy atom. The molecular weight excluding hydrogens is 112 g/mol. The van der Waals surface area contributed by atoms with Crippen LogP contribution in [0.3, 0.4) is 0 Å². The van der Waals surface area contributed by atoms with Crippen molar-refractivity contribution in [3.63, 3.8) is 0 Å². The number of rotatable bonds is 1. The largest absolute Gasteiger partial charge is 0.315 e. The first kappa shape index (κ1) is 6.75. The lowest BCUT2D eigenvalue weighted by Gasteiger charge is -2.18. The number of hydrogen-bond donors (Lipinski definition) is 1. The maximum absolute atomic E-state index is 4.34. The molecule has 0 aliphatic carbocycles. The van der Waals surface area contributed by atoms with E-state index in [0.29, 0.717) is 6.04 Å². The maximum Gasteiger partial charge on any atom is 0.0542 e. The lowest BCUT2D eigenvalue weighted by molar-refractivity contribution is 0.526. The van der Waals surface area contributed by atoms with Crippen LogP contribution in [0.1, 0.15) is 19.8 Å². The van der Waals surface area contributed by atoms with E-state index in [0.717, 1.165) is 6.54 Å². The molecule has 1 unspecified atom stereocenters. The van der Waals surface area contributed by atoms with Gasteiger partial charge >= 0.3 is 0 Å². The smallest absolute Gasteiger partial charge is 0.0542 e. The Hall–Kier alpha value is -0.370. The second kappa shape index (κ2) is 2.97. The Morgan fingerprint density at radius 1 is 1.67 bits per heavy atom. The highest BCUT2D eigenvalue weighted by Crippen LogP contribution is 2.05. The summed E-state index contributed by atoms with van der Waals surface area (Å²) < 4.78 is 0. The second-order valence-electron chi connectivity index (χ2n) is 2.60. The highest BCUT2D eigenvalue weighted by Gasteiger charge is 2.09. The van der Waals surface area contributed by atoms with Crippen LogP contribution in [0.25, 0.3) is 0 Å². The highest BCUT2D eigenvalue weighted by atomic mass is 14.9. The van der Waals surface area contributed by atoms with E-state index in [1.54, 1.807) is 0 Å². The molecule has 1 atom stereocenters. The summed E-state index contributed by atoms with van der Waals surface area (Å²) in [6.07, 6.45) is 2.43. The number of nitrogens with one attached hydrogen (secondary N) is 1. The zero-order valence-corrected chi connectivity index (χ0v) is 6.15. The Bertz CT molecular complexity index is 118. The van der Waals surface area contributed by atoms with Crippen molar-refractivity contribution in [1.82, 2.24) is 5.32 Å². The lowest BCUT2D eigenvalue weighted by atomic mass is 10.1. The number of likely N-dealkylation sites (N-methyl/N-ethyl adjacent to an activating group) is 1. The molecule has 1 aliphatic heterocycles. The topological polar surface area (TPSA) is 24.4 Å². The maximum atomic E-state index is 4.34. The SMILES string of the molecule is CNC1CCC(C)=NC1. The van der Waals surface area contributed by atoms with Gasteiger partial charge in [0.1, 0.15) is 0 Å². The predicted octanol–water partition coefficient (Wildman–Crippen LogP) is 0.829. The number of nitrogens with zero attached hydrogens (tertiary/aromatic N) is 1. The van der Waals surface area contributed by atoms with Crippen molar-refractivity contribution in [3.05, 3.63) is 0 Å². The first-order chi connectivity index (χ1) is 4.33. The molecule has 9 heavy (non-hydrogen) atoms.